The number of hydrogen-bond donors (Lipinski definition) is 2. The number of halogens is 2. The second kappa shape index (κ2) is 12.2. The molecule has 0 amide bonds. The van der Waals surface area contributed by atoms with E-state index in [9.17, 15) is 19.1 Å². The van der Waals surface area contributed by atoms with E-state index in [1.165, 1.54) is 17.4 Å². The third kappa shape index (κ3) is 5.84. The van der Waals surface area contributed by atoms with Crippen LogP contribution in [0.15, 0.2) is 46.0 Å². The standard InChI is InChI=1S/C30H37F2N5O4S/c1-5-41-28(38)23-21(16-37-15-20(32)25-22(37)9-12-36(25)13-10-30(3,4)29(39)40)34-26(27-33-11-14-42-27)35-24(23)18-7-6-8-19(31)17(18)2/h6-8,11,14,20,22,24-25H,5,9-10,12-13,15-16H2,1-4H3,(H,34,35)(H,39,40). The quantitative estimate of drug-likeness (QED) is 0.392. The van der Waals surface area contributed by atoms with E-state index in [4.69, 9.17) is 9.73 Å². The maximum atomic E-state index is 15.6. The Morgan fingerprint density at radius 1 is 1.29 bits per heavy atom. The number of thiazole rings is 1. The molecule has 12 heteroatoms. The molecular formula is C30H37F2N5O4S. The molecule has 0 bridgehead atoms. The molecule has 0 radical (unpaired) electrons. The van der Waals surface area contributed by atoms with Crippen LogP contribution in [0.25, 0.3) is 0 Å². The number of fused-ring (bicyclic) bond motifs is 1. The molecule has 1 aromatic heterocycles. The molecule has 9 nitrogen and oxygen atoms in total. The highest BCUT2D eigenvalue weighted by molar-refractivity contribution is 7.11. The number of rotatable bonds is 10. The van der Waals surface area contributed by atoms with Crippen LogP contribution in [0, 0.1) is 18.2 Å². The summed E-state index contributed by atoms with van der Waals surface area (Å²) in [5.41, 5.74) is 0.822. The highest BCUT2D eigenvalue weighted by Crippen LogP contribution is 2.38. The topological polar surface area (TPSA) is 107 Å². The lowest BCUT2D eigenvalue weighted by Gasteiger charge is -2.31. The van der Waals surface area contributed by atoms with Crippen LogP contribution >= 0.6 is 11.3 Å². The number of aliphatic carboxylic acids is 1. The van der Waals surface area contributed by atoms with Crippen molar-refractivity contribution < 1.29 is 28.2 Å². The first-order valence-electron chi connectivity index (χ1n) is 14.3. The largest absolute Gasteiger partial charge is 0.481 e. The number of nitrogens with zero attached hydrogens (tertiary/aromatic N) is 4. The first-order chi connectivity index (χ1) is 20.0. The first-order valence-corrected chi connectivity index (χ1v) is 15.1. The highest BCUT2D eigenvalue weighted by atomic mass is 32.1. The van der Waals surface area contributed by atoms with Crippen molar-refractivity contribution in [3.8, 4) is 0 Å². The van der Waals surface area contributed by atoms with Crippen LogP contribution in [-0.2, 0) is 14.3 Å². The van der Waals surface area contributed by atoms with Gasteiger partial charge in [-0.15, -0.1) is 11.3 Å². The lowest BCUT2D eigenvalue weighted by atomic mass is 9.89. The SMILES string of the molecule is CCOC(=O)C1=C(CN2CC(F)C3C2CCN3CCC(C)(C)C(=O)O)NC(c2nccs2)=NC1c1cccc(F)c1C. The van der Waals surface area contributed by atoms with E-state index in [0.717, 1.165) is 6.42 Å². The Morgan fingerprint density at radius 2 is 2.07 bits per heavy atom. The van der Waals surface area contributed by atoms with Crippen molar-refractivity contribution in [3.05, 3.63) is 63.0 Å². The van der Waals surface area contributed by atoms with E-state index < -0.39 is 35.4 Å². The Morgan fingerprint density at radius 3 is 2.76 bits per heavy atom. The van der Waals surface area contributed by atoms with Crippen LogP contribution in [0.4, 0.5) is 8.78 Å². The average Bonchev–Trinajstić information content (AvgIpc) is 3.69. The molecule has 0 aliphatic carbocycles. The summed E-state index contributed by atoms with van der Waals surface area (Å²) in [5.74, 6) is -1.38. The van der Waals surface area contributed by atoms with Gasteiger partial charge in [-0.2, -0.15) is 0 Å². The number of esters is 1. The van der Waals surface area contributed by atoms with E-state index >= 15 is 4.39 Å². The predicted molar refractivity (Wildman–Crippen MR) is 156 cm³/mol. The molecule has 2 aromatic rings. The second-order valence-corrected chi connectivity index (χ2v) is 12.6. The number of aliphatic imine (C=N–C) groups is 1. The lowest BCUT2D eigenvalue weighted by Crippen LogP contribution is -2.43. The van der Waals surface area contributed by atoms with Gasteiger partial charge in [0.15, 0.2) is 10.8 Å². The number of carboxylic acid groups (broad SMARTS) is 1. The Kier molecular flexibility index (Phi) is 8.77. The zero-order chi connectivity index (χ0) is 30.2. The molecule has 226 valence electrons. The minimum atomic E-state index is -1.13. The predicted octanol–water partition coefficient (Wildman–Crippen LogP) is 4.10. The summed E-state index contributed by atoms with van der Waals surface area (Å²) in [6.07, 6.45) is 1.67. The minimum Gasteiger partial charge on any atom is -0.481 e. The molecule has 3 aliphatic rings. The van der Waals surface area contributed by atoms with Gasteiger partial charge in [-0.3, -0.25) is 19.6 Å². The van der Waals surface area contributed by atoms with Gasteiger partial charge in [-0.25, -0.2) is 18.6 Å². The van der Waals surface area contributed by atoms with Crippen molar-refractivity contribution in [1.82, 2.24) is 20.1 Å². The van der Waals surface area contributed by atoms with Gasteiger partial charge in [0.25, 0.3) is 0 Å². The molecule has 4 heterocycles. The Labute approximate surface area is 248 Å². The molecule has 4 unspecified atom stereocenters. The summed E-state index contributed by atoms with van der Waals surface area (Å²) in [6, 6.07) is 3.41. The fourth-order valence-corrected chi connectivity index (χ4v) is 6.72. The van der Waals surface area contributed by atoms with Crippen molar-refractivity contribution >= 4 is 29.1 Å². The van der Waals surface area contributed by atoms with Crippen molar-refractivity contribution in [2.45, 2.75) is 64.8 Å². The monoisotopic (exact) mass is 601 g/mol. The molecular weight excluding hydrogens is 564 g/mol. The van der Waals surface area contributed by atoms with Gasteiger partial charge in [-0.05, 0) is 64.3 Å². The maximum Gasteiger partial charge on any atom is 0.338 e. The molecule has 2 N–H and O–H groups in total. The smallest absolute Gasteiger partial charge is 0.338 e. The van der Waals surface area contributed by atoms with Gasteiger partial charge >= 0.3 is 11.9 Å². The second-order valence-electron chi connectivity index (χ2n) is 11.7. The van der Waals surface area contributed by atoms with Crippen molar-refractivity contribution in [2.75, 3.05) is 32.8 Å². The number of alkyl halides is 1. The lowest BCUT2D eigenvalue weighted by molar-refractivity contribution is -0.147. The van der Waals surface area contributed by atoms with Crippen molar-refractivity contribution in [1.29, 1.82) is 0 Å². The summed E-state index contributed by atoms with van der Waals surface area (Å²) in [4.78, 5) is 38.5. The van der Waals surface area contributed by atoms with Crippen LogP contribution in [0.5, 0.6) is 0 Å². The fraction of sp³-hybridized carbons (Fsp3) is 0.533. The van der Waals surface area contributed by atoms with Crippen molar-refractivity contribution in [2.24, 2.45) is 10.4 Å². The molecule has 5 rings (SSSR count). The number of carbonyl (C=O) groups excluding carboxylic acids is 1. The zero-order valence-electron chi connectivity index (χ0n) is 24.3. The fourth-order valence-electron chi connectivity index (χ4n) is 6.14. The number of ether oxygens (including phenoxy) is 1. The van der Waals surface area contributed by atoms with E-state index in [1.54, 1.807) is 46.0 Å². The highest BCUT2D eigenvalue weighted by Gasteiger charge is 2.50. The van der Waals surface area contributed by atoms with Crippen LogP contribution in [0.3, 0.4) is 0 Å². The molecule has 0 saturated carbocycles. The average molecular weight is 602 g/mol. The third-order valence-corrected chi connectivity index (χ3v) is 9.38. The molecule has 4 atom stereocenters. The van der Waals surface area contributed by atoms with E-state index in [2.05, 4.69) is 15.2 Å². The van der Waals surface area contributed by atoms with Crippen LogP contribution in [0.2, 0.25) is 0 Å². The molecule has 2 saturated heterocycles. The number of carboxylic acids is 1. The Balaban J connectivity index is 1.48. The molecule has 1 aromatic carbocycles. The Hall–Kier alpha value is -3.22. The Bertz CT molecular complexity index is 1400. The van der Waals surface area contributed by atoms with E-state index in [1.807, 2.05) is 10.3 Å². The van der Waals surface area contributed by atoms with Crippen LogP contribution in [-0.4, -0.2) is 88.7 Å². The number of hydrogen-bond acceptors (Lipinski definition) is 9. The molecule has 3 aliphatic heterocycles. The summed E-state index contributed by atoms with van der Waals surface area (Å²) in [6.45, 7) is 8.46. The van der Waals surface area contributed by atoms with E-state index in [-0.39, 0.29) is 37.4 Å². The van der Waals surface area contributed by atoms with Gasteiger partial charge < -0.3 is 15.2 Å². The van der Waals surface area contributed by atoms with Crippen LogP contribution < -0.4 is 5.32 Å². The third-order valence-electron chi connectivity index (χ3n) is 8.60. The van der Waals surface area contributed by atoms with Crippen LogP contribution in [0.1, 0.15) is 55.8 Å². The maximum absolute atomic E-state index is 15.6. The first kappa shape index (κ1) is 30.2. The molecule has 0 spiro atoms. The number of likely N-dealkylation sites (tertiary alicyclic amines) is 2. The van der Waals surface area contributed by atoms with Gasteiger partial charge in [0.1, 0.15) is 18.0 Å². The summed E-state index contributed by atoms with van der Waals surface area (Å²) < 4.78 is 35.8. The zero-order valence-corrected chi connectivity index (χ0v) is 25.1. The van der Waals surface area contributed by atoms with Gasteiger partial charge in [0.2, 0.25) is 0 Å². The molecule has 42 heavy (non-hydrogen) atoms. The van der Waals surface area contributed by atoms with Gasteiger partial charge in [-0.1, -0.05) is 12.1 Å². The number of nitrogens with one attached hydrogen (secondary N) is 1. The summed E-state index contributed by atoms with van der Waals surface area (Å²) in [5, 5.41) is 15.3. The summed E-state index contributed by atoms with van der Waals surface area (Å²) in [7, 11) is 0. The van der Waals surface area contributed by atoms with Gasteiger partial charge in [0.05, 0.1) is 23.6 Å². The minimum absolute atomic E-state index is 0.109. The number of carbonyl (C=O) groups is 2. The number of amidine groups is 1. The van der Waals surface area contributed by atoms with Gasteiger partial charge in [0, 0.05) is 43.0 Å². The van der Waals surface area contributed by atoms with Crippen molar-refractivity contribution in [3.63, 3.8) is 0 Å². The molecule has 2 fully saturated rings. The number of benzene rings is 1. The normalized spacial score (nSPS) is 24.9. The number of aromatic nitrogens is 1. The summed E-state index contributed by atoms with van der Waals surface area (Å²) >= 11 is 1.38. The van der Waals surface area contributed by atoms with E-state index in [0.29, 0.717) is 47.2 Å².